The Labute approximate surface area is 139 Å². The topological polar surface area (TPSA) is 135 Å². The first kappa shape index (κ1) is 19.7. The van der Waals surface area contributed by atoms with Crippen LogP contribution in [0, 0.1) is 0 Å². The lowest BCUT2D eigenvalue weighted by atomic mass is 10.2. The number of nitrogens with zero attached hydrogens (tertiary/aromatic N) is 1. The number of carbonyl (C=O) groups excluding carboxylic acids is 1. The number of halogens is 1. The first-order valence-corrected chi connectivity index (χ1v) is 9.92. The summed E-state index contributed by atoms with van der Waals surface area (Å²) in [6.07, 6.45) is 0.366. The second kappa shape index (κ2) is 7.04. The van der Waals surface area contributed by atoms with Crippen molar-refractivity contribution < 1.29 is 26.2 Å². The number of alkyl halides is 1. The van der Waals surface area contributed by atoms with E-state index >= 15 is 0 Å². The molecule has 130 valence electrons. The predicted molar refractivity (Wildman–Crippen MR) is 87.5 cm³/mol. The standard InChI is InChI=1S/C12H17ClN2O6S2/c1-3-12(22(17,18)8(2)13)15(7-16)9-4-5-11(10(14)6-9)23(19,20)21/h4-8,12H,3,14H2,1-2H3,(H,19,20,21). The van der Waals surface area contributed by atoms with Gasteiger partial charge < -0.3 is 5.73 Å². The molecule has 8 nitrogen and oxygen atoms in total. The number of nitrogens with two attached hydrogens (primary N) is 1. The number of rotatable bonds is 7. The summed E-state index contributed by atoms with van der Waals surface area (Å²) in [6, 6.07) is 3.25. The van der Waals surface area contributed by atoms with Crippen LogP contribution in [0.4, 0.5) is 11.4 Å². The fraction of sp³-hybridized carbons (Fsp3) is 0.417. The highest BCUT2D eigenvalue weighted by Crippen LogP contribution is 2.28. The van der Waals surface area contributed by atoms with Gasteiger partial charge in [0, 0.05) is 5.69 Å². The summed E-state index contributed by atoms with van der Waals surface area (Å²) < 4.78 is 54.5. The predicted octanol–water partition coefficient (Wildman–Crippen LogP) is 1.21. The van der Waals surface area contributed by atoms with Crippen LogP contribution in [0.5, 0.6) is 0 Å². The van der Waals surface area contributed by atoms with Gasteiger partial charge in [0.15, 0.2) is 9.84 Å². The van der Waals surface area contributed by atoms with Gasteiger partial charge in [0.2, 0.25) is 6.41 Å². The van der Waals surface area contributed by atoms with Gasteiger partial charge in [0.05, 0.1) is 5.69 Å². The van der Waals surface area contributed by atoms with Crippen LogP contribution in [-0.2, 0) is 24.7 Å². The van der Waals surface area contributed by atoms with Crippen molar-refractivity contribution in [1.29, 1.82) is 0 Å². The summed E-state index contributed by atoms with van der Waals surface area (Å²) in [5.74, 6) is 0. The van der Waals surface area contributed by atoms with E-state index in [0.29, 0.717) is 6.41 Å². The minimum Gasteiger partial charge on any atom is -0.398 e. The molecule has 0 saturated carbocycles. The Morgan fingerprint density at radius 1 is 1.35 bits per heavy atom. The van der Waals surface area contributed by atoms with Gasteiger partial charge in [-0.3, -0.25) is 14.2 Å². The van der Waals surface area contributed by atoms with E-state index in [9.17, 15) is 21.6 Å². The van der Waals surface area contributed by atoms with E-state index in [4.69, 9.17) is 21.9 Å². The molecule has 1 aromatic rings. The van der Waals surface area contributed by atoms with Crippen LogP contribution < -0.4 is 10.6 Å². The number of benzene rings is 1. The van der Waals surface area contributed by atoms with E-state index in [0.717, 1.165) is 17.0 Å². The lowest BCUT2D eigenvalue weighted by Crippen LogP contribution is -2.42. The summed E-state index contributed by atoms with van der Waals surface area (Å²) in [4.78, 5) is 11.7. The second-order valence-electron chi connectivity index (χ2n) is 4.70. The highest BCUT2D eigenvalue weighted by atomic mass is 35.5. The molecule has 0 heterocycles. The molecular formula is C12H17ClN2O6S2. The van der Waals surface area contributed by atoms with Crippen molar-refractivity contribution in [1.82, 2.24) is 0 Å². The zero-order chi connectivity index (χ0) is 18.0. The van der Waals surface area contributed by atoms with Crippen LogP contribution in [0.2, 0.25) is 0 Å². The number of anilines is 2. The molecule has 0 fully saturated rings. The van der Waals surface area contributed by atoms with Gasteiger partial charge in [0.25, 0.3) is 10.1 Å². The van der Waals surface area contributed by atoms with E-state index in [1.165, 1.54) is 13.0 Å². The van der Waals surface area contributed by atoms with Gasteiger partial charge in [-0.1, -0.05) is 6.92 Å². The Kier molecular flexibility index (Phi) is 6.02. The lowest BCUT2D eigenvalue weighted by molar-refractivity contribution is -0.107. The molecule has 23 heavy (non-hydrogen) atoms. The first-order valence-electron chi connectivity index (χ1n) is 6.44. The largest absolute Gasteiger partial charge is 0.398 e. The van der Waals surface area contributed by atoms with E-state index in [-0.39, 0.29) is 17.8 Å². The molecular weight excluding hydrogens is 368 g/mol. The molecule has 3 N–H and O–H groups in total. The molecule has 0 radical (unpaired) electrons. The Hall–Kier alpha value is -1.36. The monoisotopic (exact) mass is 384 g/mol. The highest BCUT2D eigenvalue weighted by Gasteiger charge is 2.34. The van der Waals surface area contributed by atoms with Gasteiger partial charge in [-0.15, -0.1) is 11.6 Å². The van der Waals surface area contributed by atoms with Crippen LogP contribution in [0.1, 0.15) is 20.3 Å². The molecule has 0 spiro atoms. The fourth-order valence-electron chi connectivity index (χ4n) is 2.03. The number of hydrogen-bond acceptors (Lipinski definition) is 6. The van der Waals surface area contributed by atoms with Crippen LogP contribution in [0.3, 0.4) is 0 Å². The molecule has 0 aromatic heterocycles. The first-order chi connectivity index (χ1) is 10.5. The maximum atomic E-state index is 12.2. The average Bonchev–Trinajstić information content (AvgIpc) is 2.42. The average molecular weight is 385 g/mol. The van der Waals surface area contributed by atoms with Gasteiger partial charge in [-0.2, -0.15) is 8.42 Å². The van der Waals surface area contributed by atoms with Crippen molar-refractivity contribution in [3.63, 3.8) is 0 Å². The molecule has 1 amide bonds. The van der Waals surface area contributed by atoms with Crippen molar-refractivity contribution in [2.45, 2.75) is 35.2 Å². The molecule has 11 heteroatoms. The summed E-state index contributed by atoms with van der Waals surface area (Å²) in [6.45, 7) is 2.84. The van der Waals surface area contributed by atoms with E-state index in [2.05, 4.69) is 0 Å². The smallest absolute Gasteiger partial charge is 0.296 e. The van der Waals surface area contributed by atoms with Crippen LogP contribution in [0.15, 0.2) is 23.1 Å². The summed E-state index contributed by atoms with van der Waals surface area (Å²) in [5.41, 5.74) is 5.30. The number of sulfone groups is 1. The maximum Gasteiger partial charge on any atom is 0.296 e. The summed E-state index contributed by atoms with van der Waals surface area (Å²) in [5, 5.41) is -1.23. The molecule has 0 saturated heterocycles. The molecule has 1 rings (SSSR count). The minimum atomic E-state index is -4.52. The quantitative estimate of drug-likeness (QED) is 0.312. The van der Waals surface area contributed by atoms with E-state index in [1.54, 1.807) is 6.92 Å². The fourth-order valence-corrected chi connectivity index (χ4v) is 4.37. The van der Waals surface area contributed by atoms with Crippen molar-refractivity contribution in [3.05, 3.63) is 18.2 Å². The number of carbonyl (C=O) groups is 1. The molecule has 1 aromatic carbocycles. The molecule has 0 aliphatic heterocycles. The SMILES string of the molecule is CCC(N(C=O)c1ccc(S(=O)(=O)O)c(N)c1)S(=O)(=O)C(C)Cl. The van der Waals surface area contributed by atoms with Crippen molar-refractivity contribution in [2.24, 2.45) is 0 Å². The molecule has 0 aliphatic rings. The van der Waals surface area contributed by atoms with Gasteiger partial charge in [-0.25, -0.2) is 8.42 Å². The lowest BCUT2D eigenvalue weighted by Gasteiger charge is -2.28. The van der Waals surface area contributed by atoms with Gasteiger partial charge >= 0.3 is 0 Å². The zero-order valence-electron chi connectivity index (χ0n) is 12.4. The number of hydrogen-bond donors (Lipinski definition) is 2. The zero-order valence-corrected chi connectivity index (χ0v) is 14.8. The van der Waals surface area contributed by atoms with Crippen LogP contribution >= 0.6 is 11.6 Å². The second-order valence-corrected chi connectivity index (χ2v) is 9.44. The third-order valence-corrected chi connectivity index (χ3v) is 7.07. The number of amides is 1. The highest BCUT2D eigenvalue weighted by molar-refractivity contribution is 7.94. The Balaban J connectivity index is 3.41. The molecule has 0 aliphatic carbocycles. The normalized spacial score (nSPS) is 15.0. The molecule has 0 bridgehead atoms. The van der Waals surface area contributed by atoms with E-state index < -0.39 is 34.9 Å². The summed E-state index contributed by atoms with van der Waals surface area (Å²) in [7, 11) is -8.37. The van der Waals surface area contributed by atoms with Crippen LogP contribution in [0.25, 0.3) is 0 Å². The van der Waals surface area contributed by atoms with Gasteiger partial charge in [-0.05, 0) is 31.5 Å². The Morgan fingerprint density at radius 2 is 1.91 bits per heavy atom. The molecule has 2 unspecified atom stereocenters. The number of nitrogen functional groups attached to an aromatic ring is 1. The third-order valence-electron chi connectivity index (χ3n) is 3.17. The van der Waals surface area contributed by atoms with Crippen molar-refractivity contribution in [2.75, 3.05) is 10.6 Å². The summed E-state index contributed by atoms with van der Waals surface area (Å²) >= 11 is 5.68. The maximum absolute atomic E-state index is 12.2. The molecule has 2 atom stereocenters. The van der Waals surface area contributed by atoms with Crippen molar-refractivity contribution in [3.8, 4) is 0 Å². The van der Waals surface area contributed by atoms with E-state index in [1.807, 2.05) is 0 Å². The van der Waals surface area contributed by atoms with Crippen LogP contribution in [-0.4, -0.2) is 37.9 Å². The third kappa shape index (κ3) is 4.14. The minimum absolute atomic E-state index is 0.0673. The van der Waals surface area contributed by atoms with Crippen molar-refractivity contribution >= 4 is 49.3 Å². The Bertz CT molecular complexity index is 792. The Morgan fingerprint density at radius 3 is 2.26 bits per heavy atom. The van der Waals surface area contributed by atoms with Gasteiger partial charge in [0.1, 0.15) is 15.0 Å².